The van der Waals surface area contributed by atoms with Crippen molar-refractivity contribution in [1.29, 1.82) is 0 Å². The standard InChI is InChI=1S/C13H15NO3/c1-10(11-5-3-2-4-6-11)9-14-12(15)7-8-13(16)17/h2-8,10H,9H2,1H3,(H,14,15)(H,16,17)/t10-/m1/s1. The fourth-order valence-corrected chi connectivity index (χ4v) is 1.36. The van der Waals surface area contributed by atoms with Gasteiger partial charge in [0, 0.05) is 18.7 Å². The lowest BCUT2D eigenvalue weighted by atomic mass is 10.0. The van der Waals surface area contributed by atoms with E-state index in [0.717, 1.165) is 17.7 Å². The molecule has 17 heavy (non-hydrogen) atoms. The average molecular weight is 233 g/mol. The molecular weight excluding hydrogens is 218 g/mol. The lowest BCUT2D eigenvalue weighted by Crippen LogP contribution is -2.25. The van der Waals surface area contributed by atoms with Crippen LogP contribution in [0.2, 0.25) is 0 Å². The molecule has 0 saturated heterocycles. The maximum atomic E-state index is 11.2. The smallest absolute Gasteiger partial charge is 0.328 e. The van der Waals surface area contributed by atoms with Gasteiger partial charge in [-0.1, -0.05) is 37.3 Å². The van der Waals surface area contributed by atoms with E-state index >= 15 is 0 Å². The van der Waals surface area contributed by atoms with Crippen molar-refractivity contribution in [3.8, 4) is 0 Å². The molecule has 0 aliphatic rings. The van der Waals surface area contributed by atoms with Crippen LogP contribution in [0.1, 0.15) is 18.4 Å². The number of nitrogens with one attached hydrogen (secondary N) is 1. The van der Waals surface area contributed by atoms with Crippen molar-refractivity contribution in [2.45, 2.75) is 12.8 Å². The molecule has 1 amide bonds. The fourth-order valence-electron chi connectivity index (χ4n) is 1.36. The van der Waals surface area contributed by atoms with Crippen molar-refractivity contribution in [2.75, 3.05) is 6.54 Å². The summed E-state index contributed by atoms with van der Waals surface area (Å²) in [5.41, 5.74) is 1.13. The second-order valence-corrected chi connectivity index (χ2v) is 3.73. The van der Waals surface area contributed by atoms with E-state index in [-0.39, 0.29) is 5.92 Å². The highest BCUT2D eigenvalue weighted by Gasteiger charge is 2.05. The third-order valence-electron chi connectivity index (χ3n) is 2.33. The Hall–Kier alpha value is -2.10. The van der Waals surface area contributed by atoms with E-state index in [2.05, 4.69) is 5.32 Å². The molecule has 2 N–H and O–H groups in total. The Balaban J connectivity index is 2.41. The largest absolute Gasteiger partial charge is 0.478 e. The topological polar surface area (TPSA) is 66.4 Å². The molecule has 0 aromatic heterocycles. The molecule has 0 aliphatic heterocycles. The molecule has 0 radical (unpaired) electrons. The normalized spacial score (nSPS) is 12.3. The second kappa shape index (κ2) is 6.48. The summed E-state index contributed by atoms with van der Waals surface area (Å²) in [6.07, 6.45) is 1.84. The lowest BCUT2D eigenvalue weighted by Gasteiger charge is -2.11. The predicted molar refractivity (Wildman–Crippen MR) is 64.6 cm³/mol. The number of carbonyl (C=O) groups excluding carboxylic acids is 1. The van der Waals surface area contributed by atoms with E-state index in [9.17, 15) is 9.59 Å². The van der Waals surface area contributed by atoms with Gasteiger partial charge >= 0.3 is 5.97 Å². The average Bonchev–Trinajstić information content (AvgIpc) is 2.34. The molecule has 0 bridgehead atoms. The fraction of sp³-hybridized carbons (Fsp3) is 0.231. The van der Waals surface area contributed by atoms with Gasteiger partial charge < -0.3 is 10.4 Å². The number of carbonyl (C=O) groups is 2. The molecule has 4 nitrogen and oxygen atoms in total. The van der Waals surface area contributed by atoms with Crippen molar-refractivity contribution in [3.63, 3.8) is 0 Å². The van der Waals surface area contributed by atoms with Crippen LogP contribution in [0.4, 0.5) is 0 Å². The van der Waals surface area contributed by atoms with Crippen LogP contribution in [0.15, 0.2) is 42.5 Å². The predicted octanol–water partition coefficient (Wildman–Crippen LogP) is 1.55. The van der Waals surface area contributed by atoms with Crippen LogP contribution in [-0.2, 0) is 9.59 Å². The van der Waals surface area contributed by atoms with Crippen LogP contribution in [0.3, 0.4) is 0 Å². The highest BCUT2D eigenvalue weighted by Crippen LogP contribution is 2.12. The Morgan fingerprint density at radius 3 is 2.53 bits per heavy atom. The van der Waals surface area contributed by atoms with Crippen molar-refractivity contribution >= 4 is 11.9 Å². The van der Waals surface area contributed by atoms with Gasteiger partial charge in [-0.2, -0.15) is 0 Å². The van der Waals surface area contributed by atoms with Crippen LogP contribution in [0.5, 0.6) is 0 Å². The summed E-state index contributed by atoms with van der Waals surface area (Å²) in [6.45, 7) is 2.48. The summed E-state index contributed by atoms with van der Waals surface area (Å²) in [6, 6.07) is 9.80. The van der Waals surface area contributed by atoms with Gasteiger partial charge in [0.05, 0.1) is 0 Å². The van der Waals surface area contributed by atoms with Gasteiger partial charge in [-0.15, -0.1) is 0 Å². The number of carboxylic acid groups (broad SMARTS) is 1. The summed E-state index contributed by atoms with van der Waals surface area (Å²) < 4.78 is 0. The van der Waals surface area contributed by atoms with Gasteiger partial charge in [0.1, 0.15) is 0 Å². The molecule has 0 spiro atoms. The molecule has 1 atom stereocenters. The summed E-state index contributed by atoms with van der Waals surface area (Å²) >= 11 is 0. The minimum Gasteiger partial charge on any atom is -0.478 e. The zero-order valence-corrected chi connectivity index (χ0v) is 9.59. The molecular formula is C13H15NO3. The van der Waals surface area contributed by atoms with E-state index in [1.807, 2.05) is 37.3 Å². The number of carboxylic acids is 1. The molecule has 0 unspecified atom stereocenters. The molecule has 4 heteroatoms. The number of rotatable bonds is 5. The first-order valence-electron chi connectivity index (χ1n) is 5.33. The maximum Gasteiger partial charge on any atom is 0.328 e. The molecule has 0 fully saturated rings. The van der Waals surface area contributed by atoms with E-state index in [1.54, 1.807) is 0 Å². The third-order valence-corrected chi connectivity index (χ3v) is 2.33. The number of aliphatic carboxylic acids is 1. The van der Waals surface area contributed by atoms with Crippen LogP contribution in [0.25, 0.3) is 0 Å². The van der Waals surface area contributed by atoms with Gasteiger partial charge in [0.2, 0.25) is 5.91 Å². The van der Waals surface area contributed by atoms with Crippen LogP contribution in [0, 0.1) is 0 Å². The van der Waals surface area contributed by atoms with Gasteiger partial charge in [0.25, 0.3) is 0 Å². The molecule has 1 aromatic carbocycles. The maximum absolute atomic E-state index is 11.2. The minimum absolute atomic E-state index is 0.193. The van der Waals surface area contributed by atoms with Crippen LogP contribution < -0.4 is 5.32 Å². The SMILES string of the molecule is C[C@H](CNC(=O)C=CC(=O)O)c1ccccc1. The van der Waals surface area contributed by atoms with Gasteiger partial charge in [-0.25, -0.2) is 4.79 Å². The summed E-state index contributed by atoms with van der Waals surface area (Å²) in [7, 11) is 0. The van der Waals surface area contributed by atoms with Crippen molar-refractivity contribution in [2.24, 2.45) is 0 Å². The lowest BCUT2D eigenvalue weighted by molar-refractivity contribution is -0.131. The second-order valence-electron chi connectivity index (χ2n) is 3.73. The minimum atomic E-state index is -1.13. The van der Waals surface area contributed by atoms with E-state index in [0.29, 0.717) is 6.54 Å². The summed E-state index contributed by atoms with van der Waals surface area (Å²) in [5, 5.41) is 11.0. The van der Waals surface area contributed by atoms with Gasteiger partial charge in [-0.3, -0.25) is 4.79 Å². The zero-order valence-electron chi connectivity index (χ0n) is 9.59. The highest BCUT2D eigenvalue weighted by molar-refractivity contribution is 5.93. The first-order valence-corrected chi connectivity index (χ1v) is 5.33. The molecule has 1 aromatic rings. The van der Waals surface area contributed by atoms with Crippen LogP contribution in [-0.4, -0.2) is 23.5 Å². The molecule has 0 aliphatic carbocycles. The number of amides is 1. The van der Waals surface area contributed by atoms with Crippen molar-refractivity contribution in [1.82, 2.24) is 5.32 Å². The Labute approximate surface area is 100.0 Å². The number of benzene rings is 1. The van der Waals surface area contributed by atoms with E-state index < -0.39 is 11.9 Å². The monoisotopic (exact) mass is 233 g/mol. The number of hydrogen-bond acceptors (Lipinski definition) is 2. The third kappa shape index (κ3) is 4.97. The van der Waals surface area contributed by atoms with E-state index in [4.69, 9.17) is 5.11 Å². The van der Waals surface area contributed by atoms with Crippen molar-refractivity contribution < 1.29 is 14.7 Å². The Bertz CT molecular complexity index is 412. The molecule has 1 rings (SSSR count). The Morgan fingerprint density at radius 1 is 1.29 bits per heavy atom. The van der Waals surface area contributed by atoms with E-state index in [1.165, 1.54) is 0 Å². The number of hydrogen-bond donors (Lipinski definition) is 2. The van der Waals surface area contributed by atoms with Gasteiger partial charge in [0.15, 0.2) is 0 Å². The van der Waals surface area contributed by atoms with Crippen LogP contribution >= 0.6 is 0 Å². The first-order chi connectivity index (χ1) is 8.09. The highest BCUT2D eigenvalue weighted by atomic mass is 16.4. The Kier molecular flexibility index (Phi) is 4.94. The quantitative estimate of drug-likeness (QED) is 0.758. The summed E-state index contributed by atoms with van der Waals surface area (Å²) in [4.78, 5) is 21.4. The molecule has 90 valence electrons. The van der Waals surface area contributed by atoms with Gasteiger partial charge in [-0.05, 0) is 11.5 Å². The summed E-state index contributed by atoms with van der Waals surface area (Å²) in [5.74, 6) is -1.33. The Morgan fingerprint density at radius 2 is 1.94 bits per heavy atom. The van der Waals surface area contributed by atoms with Crippen molar-refractivity contribution in [3.05, 3.63) is 48.0 Å². The molecule has 0 heterocycles. The zero-order chi connectivity index (χ0) is 12.7. The first kappa shape index (κ1) is 13.0. The molecule has 0 saturated carbocycles.